The van der Waals surface area contributed by atoms with Crippen molar-refractivity contribution in [2.24, 2.45) is 5.73 Å². The van der Waals surface area contributed by atoms with Gasteiger partial charge in [-0.25, -0.2) is 9.97 Å². The first-order chi connectivity index (χ1) is 12.1. The van der Waals surface area contributed by atoms with E-state index in [1.807, 2.05) is 0 Å². The summed E-state index contributed by atoms with van der Waals surface area (Å²) in [7, 11) is 1.58. The van der Waals surface area contributed by atoms with Crippen molar-refractivity contribution in [3.63, 3.8) is 0 Å². The molecule has 3 aromatic heterocycles. The molecule has 0 atom stereocenters. The van der Waals surface area contributed by atoms with Crippen molar-refractivity contribution in [1.82, 2.24) is 19.5 Å². The SMILES string of the molecule is COCCn1cc(-c2cnc3[nH]cc(/C=C/C(N)=O)c3n2)ccc1=O. The Hall–Kier alpha value is -3.26. The van der Waals surface area contributed by atoms with Gasteiger partial charge < -0.3 is 20.0 Å². The molecule has 0 aromatic carbocycles. The van der Waals surface area contributed by atoms with Crippen LogP contribution < -0.4 is 11.3 Å². The van der Waals surface area contributed by atoms with Crippen molar-refractivity contribution in [2.45, 2.75) is 6.54 Å². The molecule has 0 spiro atoms. The van der Waals surface area contributed by atoms with E-state index in [0.717, 1.165) is 5.56 Å². The fourth-order valence-electron chi connectivity index (χ4n) is 2.40. The van der Waals surface area contributed by atoms with Crippen LogP contribution in [0.25, 0.3) is 28.5 Å². The smallest absolute Gasteiger partial charge is 0.250 e. The van der Waals surface area contributed by atoms with Crippen molar-refractivity contribution in [2.75, 3.05) is 13.7 Å². The van der Waals surface area contributed by atoms with E-state index >= 15 is 0 Å². The van der Waals surface area contributed by atoms with Gasteiger partial charge in [0, 0.05) is 49.3 Å². The molecule has 128 valence electrons. The summed E-state index contributed by atoms with van der Waals surface area (Å²) >= 11 is 0. The van der Waals surface area contributed by atoms with Gasteiger partial charge in [0.25, 0.3) is 5.56 Å². The van der Waals surface area contributed by atoms with Gasteiger partial charge in [0.05, 0.1) is 18.5 Å². The zero-order chi connectivity index (χ0) is 17.8. The van der Waals surface area contributed by atoms with Crippen molar-refractivity contribution in [3.05, 3.63) is 52.7 Å². The predicted octanol–water partition coefficient (Wildman–Crippen LogP) is 0.932. The minimum absolute atomic E-state index is 0.110. The highest BCUT2D eigenvalue weighted by Crippen LogP contribution is 2.21. The lowest BCUT2D eigenvalue weighted by atomic mass is 10.2. The Morgan fingerprint density at radius 1 is 1.44 bits per heavy atom. The van der Waals surface area contributed by atoms with E-state index < -0.39 is 5.91 Å². The molecule has 25 heavy (non-hydrogen) atoms. The predicted molar refractivity (Wildman–Crippen MR) is 93.7 cm³/mol. The third-order valence-electron chi connectivity index (χ3n) is 3.65. The second kappa shape index (κ2) is 7.10. The molecule has 0 radical (unpaired) electrons. The van der Waals surface area contributed by atoms with Crippen LogP contribution in [0.5, 0.6) is 0 Å². The summed E-state index contributed by atoms with van der Waals surface area (Å²) in [6.07, 6.45) is 7.90. The van der Waals surface area contributed by atoms with Crippen LogP contribution in [0.1, 0.15) is 5.56 Å². The minimum Gasteiger partial charge on any atom is -0.383 e. The molecule has 0 aliphatic carbocycles. The van der Waals surface area contributed by atoms with E-state index in [1.165, 1.54) is 12.1 Å². The summed E-state index contributed by atoms with van der Waals surface area (Å²) in [5, 5.41) is 0. The molecule has 0 aliphatic heterocycles. The topological polar surface area (TPSA) is 116 Å². The normalized spacial score (nSPS) is 11.4. The van der Waals surface area contributed by atoms with Crippen LogP contribution in [0, 0.1) is 0 Å². The number of nitrogens with one attached hydrogen (secondary N) is 1. The maximum atomic E-state index is 11.9. The molecular formula is C17H17N5O3. The second-order valence-electron chi connectivity index (χ2n) is 5.37. The average Bonchev–Trinajstić information content (AvgIpc) is 3.01. The molecule has 0 fully saturated rings. The number of rotatable bonds is 6. The first kappa shape index (κ1) is 16.6. The van der Waals surface area contributed by atoms with Gasteiger partial charge >= 0.3 is 0 Å². The molecule has 3 N–H and O–H groups in total. The second-order valence-corrected chi connectivity index (χ2v) is 5.37. The quantitative estimate of drug-likeness (QED) is 0.648. The van der Waals surface area contributed by atoms with E-state index in [9.17, 15) is 9.59 Å². The molecular weight excluding hydrogens is 322 g/mol. The Kier molecular flexibility index (Phi) is 4.71. The Bertz CT molecular complexity index is 1000. The highest BCUT2D eigenvalue weighted by atomic mass is 16.5. The van der Waals surface area contributed by atoms with Crippen LogP contribution in [-0.4, -0.2) is 39.1 Å². The monoisotopic (exact) mass is 339 g/mol. The number of nitrogens with zero attached hydrogens (tertiary/aromatic N) is 3. The number of carbonyl (C=O) groups excluding carboxylic acids is 1. The summed E-state index contributed by atoms with van der Waals surface area (Å²) in [6, 6.07) is 3.19. The van der Waals surface area contributed by atoms with E-state index in [1.54, 1.807) is 42.4 Å². The standard InChI is InChI=1S/C17H17N5O3/c1-25-7-6-22-10-12(3-5-15(22)24)13-9-20-17-16(21-13)11(8-19-17)2-4-14(18)23/h2-5,8-10H,6-7H2,1H3,(H2,18,23)(H,19,20)/b4-2+. The first-order valence-electron chi connectivity index (χ1n) is 7.60. The highest BCUT2D eigenvalue weighted by molar-refractivity contribution is 5.93. The van der Waals surface area contributed by atoms with Crippen LogP contribution in [0.3, 0.4) is 0 Å². The molecule has 0 bridgehead atoms. The summed E-state index contributed by atoms with van der Waals surface area (Å²) in [4.78, 5) is 34.7. The third-order valence-corrected chi connectivity index (χ3v) is 3.65. The van der Waals surface area contributed by atoms with Crippen molar-refractivity contribution >= 4 is 23.1 Å². The number of primary amides is 1. The minimum atomic E-state index is -0.538. The van der Waals surface area contributed by atoms with Crippen LogP contribution in [0.4, 0.5) is 0 Å². The molecule has 1 amide bonds. The van der Waals surface area contributed by atoms with Gasteiger partial charge in [0.2, 0.25) is 5.91 Å². The van der Waals surface area contributed by atoms with Crippen LogP contribution in [0.15, 0.2) is 41.6 Å². The summed E-state index contributed by atoms with van der Waals surface area (Å²) < 4.78 is 6.58. The van der Waals surface area contributed by atoms with Crippen molar-refractivity contribution in [1.29, 1.82) is 0 Å². The van der Waals surface area contributed by atoms with Crippen LogP contribution in [0.2, 0.25) is 0 Å². The molecule has 3 heterocycles. The number of carbonyl (C=O) groups is 1. The molecule has 8 nitrogen and oxygen atoms in total. The number of nitrogens with two attached hydrogens (primary N) is 1. The molecule has 8 heteroatoms. The number of ether oxygens (including phenoxy) is 1. The van der Waals surface area contributed by atoms with Gasteiger partial charge in [-0.15, -0.1) is 0 Å². The van der Waals surface area contributed by atoms with Crippen molar-refractivity contribution < 1.29 is 9.53 Å². The highest BCUT2D eigenvalue weighted by Gasteiger charge is 2.09. The lowest BCUT2D eigenvalue weighted by Crippen LogP contribution is -2.20. The van der Waals surface area contributed by atoms with E-state index in [0.29, 0.717) is 35.6 Å². The molecule has 0 aliphatic rings. The molecule has 0 saturated carbocycles. The number of hydrogen-bond donors (Lipinski definition) is 2. The molecule has 3 rings (SSSR count). The van der Waals surface area contributed by atoms with Gasteiger partial charge in [-0.1, -0.05) is 0 Å². The molecule has 0 unspecified atom stereocenters. The number of amides is 1. The first-order valence-corrected chi connectivity index (χ1v) is 7.60. The zero-order valence-electron chi connectivity index (χ0n) is 13.6. The van der Waals surface area contributed by atoms with E-state index in [-0.39, 0.29) is 5.56 Å². The fraction of sp³-hybridized carbons (Fsp3) is 0.176. The van der Waals surface area contributed by atoms with Crippen LogP contribution in [-0.2, 0) is 16.1 Å². The number of pyridine rings is 1. The van der Waals surface area contributed by atoms with Gasteiger partial charge in [0.15, 0.2) is 5.65 Å². The van der Waals surface area contributed by atoms with Crippen molar-refractivity contribution in [3.8, 4) is 11.3 Å². The summed E-state index contributed by atoms with van der Waals surface area (Å²) in [5.41, 5.74) is 8.32. The van der Waals surface area contributed by atoms with Crippen LogP contribution >= 0.6 is 0 Å². The number of H-pyrrole nitrogens is 1. The summed E-state index contributed by atoms with van der Waals surface area (Å²) in [5.74, 6) is -0.538. The van der Waals surface area contributed by atoms with E-state index in [2.05, 4.69) is 15.0 Å². The lowest BCUT2D eigenvalue weighted by Gasteiger charge is -2.07. The Morgan fingerprint density at radius 3 is 3.04 bits per heavy atom. The van der Waals surface area contributed by atoms with Gasteiger partial charge in [0.1, 0.15) is 5.52 Å². The number of aromatic amines is 1. The maximum Gasteiger partial charge on any atom is 0.250 e. The Morgan fingerprint density at radius 2 is 2.28 bits per heavy atom. The number of methoxy groups -OCH3 is 1. The maximum absolute atomic E-state index is 11.9. The van der Waals surface area contributed by atoms with Gasteiger partial charge in [-0.3, -0.25) is 9.59 Å². The van der Waals surface area contributed by atoms with Gasteiger partial charge in [-0.05, 0) is 12.1 Å². The fourth-order valence-corrected chi connectivity index (χ4v) is 2.40. The lowest BCUT2D eigenvalue weighted by molar-refractivity contribution is -0.113. The van der Waals surface area contributed by atoms with E-state index in [4.69, 9.17) is 10.5 Å². The molecule has 3 aromatic rings. The zero-order valence-corrected chi connectivity index (χ0v) is 13.6. The third kappa shape index (κ3) is 3.64. The van der Waals surface area contributed by atoms with Gasteiger partial charge in [-0.2, -0.15) is 0 Å². The Labute approximate surface area is 143 Å². The number of aromatic nitrogens is 4. The average molecular weight is 339 g/mol. The Balaban J connectivity index is 2.02. The number of hydrogen-bond acceptors (Lipinski definition) is 5. The molecule has 0 saturated heterocycles. The summed E-state index contributed by atoms with van der Waals surface area (Å²) in [6.45, 7) is 0.892. The number of fused-ring (bicyclic) bond motifs is 1. The largest absolute Gasteiger partial charge is 0.383 e.